The van der Waals surface area contributed by atoms with Crippen LogP contribution in [0.15, 0.2) is 18.2 Å². The Labute approximate surface area is 150 Å². The first-order valence-electron chi connectivity index (χ1n) is 8.68. The molecule has 6 nitrogen and oxygen atoms in total. The number of carbonyl (C=O) groups is 2. The first kappa shape index (κ1) is 20.8. The standard InChI is InChI=1S/C19H30N2O4/c1-7-21(8-2)19(23)17(9-13(3)4)20-18(22)14-10-15(24-5)12-16(11-14)25-6/h10-13,17H,7-9H2,1-6H3,(H,20,22)/t17-/m0/s1. The Kier molecular flexibility index (Phi) is 8.25. The number of likely N-dealkylation sites (N-methyl/N-ethyl adjacent to an activating group) is 1. The summed E-state index contributed by atoms with van der Waals surface area (Å²) in [6.45, 7) is 9.16. The van der Waals surface area contributed by atoms with E-state index < -0.39 is 6.04 Å². The molecule has 0 heterocycles. The highest BCUT2D eigenvalue weighted by molar-refractivity contribution is 5.98. The van der Waals surface area contributed by atoms with Crippen LogP contribution in [0.4, 0.5) is 0 Å². The van der Waals surface area contributed by atoms with Gasteiger partial charge in [0.15, 0.2) is 0 Å². The molecule has 0 radical (unpaired) electrons. The summed E-state index contributed by atoms with van der Waals surface area (Å²) in [5, 5.41) is 2.87. The number of methoxy groups -OCH3 is 2. The second-order valence-electron chi connectivity index (χ2n) is 6.27. The van der Waals surface area contributed by atoms with Crippen LogP contribution in [0.3, 0.4) is 0 Å². The number of hydrogen-bond acceptors (Lipinski definition) is 4. The lowest BCUT2D eigenvalue weighted by Gasteiger charge is -2.27. The van der Waals surface area contributed by atoms with Gasteiger partial charge in [-0.05, 0) is 38.3 Å². The summed E-state index contributed by atoms with van der Waals surface area (Å²) < 4.78 is 10.4. The van der Waals surface area contributed by atoms with Crippen molar-refractivity contribution in [2.75, 3.05) is 27.3 Å². The van der Waals surface area contributed by atoms with E-state index in [1.54, 1.807) is 23.1 Å². The second-order valence-corrected chi connectivity index (χ2v) is 6.27. The number of rotatable bonds is 9. The molecule has 1 aromatic rings. The molecule has 1 rings (SSSR count). The fourth-order valence-electron chi connectivity index (χ4n) is 2.63. The zero-order valence-electron chi connectivity index (χ0n) is 16.1. The highest BCUT2D eigenvalue weighted by atomic mass is 16.5. The maximum atomic E-state index is 12.7. The molecule has 6 heteroatoms. The van der Waals surface area contributed by atoms with Crippen molar-refractivity contribution < 1.29 is 19.1 Å². The summed E-state index contributed by atoms with van der Waals surface area (Å²) in [6.07, 6.45) is 0.585. The van der Waals surface area contributed by atoms with Gasteiger partial charge in [-0.1, -0.05) is 13.8 Å². The summed E-state index contributed by atoms with van der Waals surface area (Å²) in [5.74, 6) is 0.967. The zero-order chi connectivity index (χ0) is 19.0. The Morgan fingerprint density at radius 3 is 1.96 bits per heavy atom. The number of benzene rings is 1. The third kappa shape index (κ3) is 5.96. The van der Waals surface area contributed by atoms with Crippen molar-refractivity contribution in [3.8, 4) is 11.5 Å². The van der Waals surface area contributed by atoms with E-state index in [-0.39, 0.29) is 17.7 Å². The summed E-state index contributed by atoms with van der Waals surface area (Å²) in [6, 6.07) is 4.41. The SMILES string of the molecule is CCN(CC)C(=O)[C@H](CC(C)C)NC(=O)c1cc(OC)cc(OC)c1. The van der Waals surface area contributed by atoms with Crippen molar-refractivity contribution in [2.24, 2.45) is 5.92 Å². The van der Waals surface area contributed by atoms with Gasteiger partial charge in [-0.2, -0.15) is 0 Å². The summed E-state index contributed by atoms with van der Waals surface area (Å²) >= 11 is 0. The molecule has 140 valence electrons. The van der Waals surface area contributed by atoms with Gasteiger partial charge in [0, 0.05) is 24.7 Å². The van der Waals surface area contributed by atoms with Crippen LogP contribution in [-0.4, -0.2) is 50.1 Å². The third-order valence-electron chi connectivity index (χ3n) is 4.00. The number of hydrogen-bond donors (Lipinski definition) is 1. The number of carbonyl (C=O) groups excluding carboxylic acids is 2. The Balaban J connectivity index is 3.03. The van der Waals surface area contributed by atoms with Crippen molar-refractivity contribution in [1.29, 1.82) is 0 Å². The number of ether oxygens (including phenoxy) is 2. The maximum absolute atomic E-state index is 12.7. The molecule has 0 aliphatic carbocycles. The fourth-order valence-corrected chi connectivity index (χ4v) is 2.63. The molecular weight excluding hydrogens is 320 g/mol. The van der Waals surface area contributed by atoms with Crippen LogP contribution < -0.4 is 14.8 Å². The molecule has 1 atom stereocenters. The Morgan fingerprint density at radius 2 is 1.56 bits per heavy atom. The van der Waals surface area contributed by atoms with Crippen LogP contribution in [0.5, 0.6) is 11.5 Å². The van der Waals surface area contributed by atoms with Gasteiger partial charge < -0.3 is 19.7 Å². The minimum absolute atomic E-state index is 0.0538. The van der Waals surface area contributed by atoms with Crippen molar-refractivity contribution >= 4 is 11.8 Å². The highest BCUT2D eigenvalue weighted by Crippen LogP contribution is 2.22. The Morgan fingerprint density at radius 1 is 1.04 bits per heavy atom. The smallest absolute Gasteiger partial charge is 0.252 e. The lowest BCUT2D eigenvalue weighted by atomic mass is 10.0. The van der Waals surface area contributed by atoms with Crippen LogP contribution in [0.25, 0.3) is 0 Å². The molecule has 0 aliphatic rings. The van der Waals surface area contributed by atoms with E-state index in [1.807, 2.05) is 27.7 Å². The fraction of sp³-hybridized carbons (Fsp3) is 0.579. The van der Waals surface area contributed by atoms with Crippen LogP contribution in [0.2, 0.25) is 0 Å². The largest absolute Gasteiger partial charge is 0.497 e. The Bertz CT molecular complexity index is 561. The number of nitrogens with zero attached hydrogens (tertiary/aromatic N) is 1. The molecule has 0 unspecified atom stereocenters. The van der Waals surface area contributed by atoms with E-state index >= 15 is 0 Å². The molecule has 0 bridgehead atoms. The van der Waals surface area contributed by atoms with Gasteiger partial charge in [-0.25, -0.2) is 0 Å². The summed E-state index contributed by atoms with van der Waals surface area (Å²) in [4.78, 5) is 27.1. The molecule has 0 spiro atoms. The third-order valence-corrected chi connectivity index (χ3v) is 4.00. The normalized spacial score (nSPS) is 11.8. The van der Waals surface area contributed by atoms with Gasteiger partial charge in [0.1, 0.15) is 17.5 Å². The second kappa shape index (κ2) is 9.91. The average Bonchev–Trinajstić information content (AvgIpc) is 2.60. The molecule has 25 heavy (non-hydrogen) atoms. The molecular formula is C19H30N2O4. The van der Waals surface area contributed by atoms with Crippen LogP contribution >= 0.6 is 0 Å². The lowest BCUT2D eigenvalue weighted by Crippen LogP contribution is -2.49. The minimum Gasteiger partial charge on any atom is -0.497 e. The van der Waals surface area contributed by atoms with E-state index in [4.69, 9.17) is 9.47 Å². The molecule has 1 N–H and O–H groups in total. The molecule has 0 saturated heterocycles. The predicted octanol–water partition coefficient (Wildman–Crippen LogP) is 2.72. The van der Waals surface area contributed by atoms with Crippen molar-refractivity contribution in [2.45, 2.75) is 40.2 Å². The van der Waals surface area contributed by atoms with Crippen molar-refractivity contribution in [3.63, 3.8) is 0 Å². The number of amides is 2. The van der Waals surface area contributed by atoms with Gasteiger partial charge in [0.25, 0.3) is 5.91 Å². The van der Waals surface area contributed by atoms with Crippen molar-refractivity contribution in [3.05, 3.63) is 23.8 Å². The molecule has 0 aromatic heterocycles. The molecule has 0 aliphatic heterocycles. The topological polar surface area (TPSA) is 67.9 Å². The predicted molar refractivity (Wildman–Crippen MR) is 98.2 cm³/mol. The van der Waals surface area contributed by atoms with Gasteiger partial charge in [0.05, 0.1) is 14.2 Å². The summed E-state index contributed by atoms with van der Waals surface area (Å²) in [5.41, 5.74) is 0.400. The van der Waals surface area contributed by atoms with Crippen LogP contribution in [-0.2, 0) is 4.79 Å². The quantitative estimate of drug-likeness (QED) is 0.743. The Hall–Kier alpha value is -2.24. The van der Waals surface area contributed by atoms with E-state index in [9.17, 15) is 9.59 Å². The first-order chi connectivity index (χ1) is 11.9. The van der Waals surface area contributed by atoms with E-state index in [0.717, 1.165) is 0 Å². The molecule has 0 fully saturated rings. The maximum Gasteiger partial charge on any atom is 0.252 e. The lowest BCUT2D eigenvalue weighted by molar-refractivity contribution is -0.133. The van der Waals surface area contributed by atoms with Crippen LogP contribution in [0, 0.1) is 5.92 Å². The minimum atomic E-state index is -0.551. The van der Waals surface area contributed by atoms with E-state index in [1.165, 1.54) is 14.2 Å². The summed E-state index contributed by atoms with van der Waals surface area (Å²) in [7, 11) is 3.06. The van der Waals surface area contributed by atoms with E-state index in [0.29, 0.717) is 36.6 Å². The molecule has 0 saturated carbocycles. The van der Waals surface area contributed by atoms with Crippen LogP contribution in [0.1, 0.15) is 44.5 Å². The van der Waals surface area contributed by atoms with Gasteiger partial charge in [0.2, 0.25) is 5.91 Å². The van der Waals surface area contributed by atoms with Gasteiger partial charge in [-0.3, -0.25) is 9.59 Å². The van der Waals surface area contributed by atoms with Crippen molar-refractivity contribution in [1.82, 2.24) is 10.2 Å². The van der Waals surface area contributed by atoms with Gasteiger partial charge >= 0.3 is 0 Å². The highest BCUT2D eigenvalue weighted by Gasteiger charge is 2.26. The zero-order valence-corrected chi connectivity index (χ0v) is 16.1. The number of nitrogens with one attached hydrogen (secondary N) is 1. The average molecular weight is 350 g/mol. The first-order valence-corrected chi connectivity index (χ1v) is 8.68. The molecule has 1 aromatic carbocycles. The van der Waals surface area contributed by atoms with Gasteiger partial charge in [-0.15, -0.1) is 0 Å². The molecule has 2 amide bonds. The van der Waals surface area contributed by atoms with E-state index in [2.05, 4.69) is 5.32 Å². The monoisotopic (exact) mass is 350 g/mol.